The zero-order valence-electron chi connectivity index (χ0n) is 9.35. The highest BCUT2D eigenvalue weighted by Crippen LogP contribution is 2.43. The molecule has 0 saturated heterocycles. The smallest absolute Gasteiger partial charge is 0.307 e. The number of rotatable bonds is 5. The fourth-order valence-electron chi connectivity index (χ4n) is 2.91. The molecule has 0 aliphatic heterocycles. The topological polar surface area (TPSA) is 66.8 Å². The number of carboxylic acid groups (broad SMARTS) is 1. The Morgan fingerprint density at radius 1 is 1.53 bits per heavy atom. The van der Waals surface area contributed by atoms with E-state index in [0.29, 0.717) is 5.92 Å². The van der Waals surface area contributed by atoms with Gasteiger partial charge >= 0.3 is 5.97 Å². The maximum absolute atomic E-state index is 11.2. The van der Waals surface area contributed by atoms with E-state index in [9.17, 15) is 9.90 Å². The summed E-state index contributed by atoms with van der Waals surface area (Å²) in [6, 6.07) is 0. The van der Waals surface area contributed by atoms with Crippen LogP contribution in [0.2, 0.25) is 0 Å². The molecule has 0 heterocycles. The minimum absolute atomic E-state index is 0.0518. The number of hydrogen-bond donors (Lipinski definition) is 2. The molecule has 0 bridgehead atoms. The molecule has 0 radical (unpaired) electrons. The quantitative estimate of drug-likeness (QED) is 0.546. The van der Waals surface area contributed by atoms with Crippen LogP contribution < -0.4 is 0 Å². The lowest BCUT2D eigenvalue weighted by molar-refractivity contribution is -0.255. The molecule has 1 saturated carbocycles. The summed E-state index contributed by atoms with van der Waals surface area (Å²) < 4.78 is 0. The number of hydrogen-bond acceptors (Lipinski definition) is 3. The average Bonchev–Trinajstić information content (AvgIpc) is 2.44. The molecule has 0 aromatic rings. The second-order valence-electron chi connectivity index (χ2n) is 4.59. The van der Waals surface area contributed by atoms with E-state index in [4.69, 9.17) is 5.26 Å². The molecule has 1 aliphatic carbocycles. The van der Waals surface area contributed by atoms with E-state index in [1.807, 2.05) is 6.92 Å². The lowest BCUT2D eigenvalue weighted by atomic mass is 9.86. The van der Waals surface area contributed by atoms with Crippen LogP contribution in [-0.4, -0.2) is 22.9 Å². The number of carboxylic acids is 1. The molecule has 88 valence electrons. The summed E-state index contributed by atoms with van der Waals surface area (Å²) in [6.07, 6.45) is 2.88. The van der Waals surface area contributed by atoms with Crippen LogP contribution in [0.1, 0.15) is 33.1 Å². The first-order valence-corrected chi connectivity index (χ1v) is 5.61. The summed E-state index contributed by atoms with van der Waals surface area (Å²) in [5.41, 5.74) is 0. The average molecular weight is 216 g/mol. The maximum atomic E-state index is 11.2. The molecular weight excluding hydrogens is 196 g/mol. The predicted octanol–water partition coefficient (Wildman–Crippen LogP) is 2.25. The largest absolute Gasteiger partial charge is 0.481 e. The first kappa shape index (κ1) is 12.5. The van der Waals surface area contributed by atoms with Crippen LogP contribution in [0.25, 0.3) is 0 Å². The third-order valence-corrected chi connectivity index (χ3v) is 3.59. The summed E-state index contributed by atoms with van der Waals surface area (Å²) >= 11 is 0. The summed E-state index contributed by atoms with van der Waals surface area (Å²) in [6.45, 7) is 4.24. The minimum Gasteiger partial charge on any atom is -0.481 e. The van der Waals surface area contributed by atoms with E-state index in [1.165, 1.54) is 0 Å². The molecular formula is C11H20O4. The van der Waals surface area contributed by atoms with Gasteiger partial charge in [-0.3, -0.25) is 10.1 Å². The van der Waals surface area contributed by atoms with E-state index in [-0.39, 0.29) is 24.4 Å². The Bertz CT molecular complexity index is 217. The Balaban J connectivity index is 2.73. The van der Waals surface area contributed by atoms with Crippen molar-refractivity contribution < 1.29 is 20.0 Å². The van der Waals surface area contributed by atoms with E-state index in [2.05, 4.69) is 11.8 Å². The third-order valence-electron chi connectivity index (χ3n) is 3.59. The molecule has 1 rings (SSSR count). The van der Waals surface area contributed by atoms with Gasteiger partial charge in [-0.05, 0) is 24.7 Å². The third kappa shape index (κ3) is 2.69. The van der Waals surface area contributed by atoms with Crippen molar-refractivity contribution in [2.75, 3.05) is 6.61 Å². The first-order valence-electron chi connectivity index (χ1n) is 5.61. The van der Waals surface area contributed by atoms with Crippen LogP contribution >= 0.6 is 0 Å². The van der Waals surface area contributed by atoms with Crippen LogP contribution in [0.4, 0.5) is 0 Å². The SMILES string of the molecule is CCCC1CC(C)C(COO)C1C(=O)O. The van der Waals surface area contributed by atoms with Crippen molar-refractivity contribution in [1.29, 1.82) is 0 Å². The molecule has 0 amide bonds. The molecule has 2 N–H and O–H groups in total. The van der Waals surface area contributed by atoms with Crippen molar-refractivity contribution in [1.82, 2.24) is 0 Å². The van der Waals surface area contributed by atoms with Gasteiger partial charge in [-0.1, -0.05) is 20.3 Å². The molecule has 0 spiro atoms. The van der Waals surface area contributed by atoms with Gasteiger partial charge in [0, 0.05) is 5.92 Å². The zero-order valence-corrected chi connectivity index (χ0v) is 9.35. The van der Waals surface area contributed by atoms with Crippen molar-refractivity contribution >= 4 is 5.97 Å². The van der Waals surface area contributed by atoms with Crippen molar-refractivity contribution in [2.45, 2.75) is 33.1 Å². The molecule has 0 aromatic heterocycles. The van der Waals surface area contributed by atoms with E-state index in [0.717, 1.165) is 19.3 Å². The van der Waals surface area contributed by atoms with Gasteiger partial charge in [0.2, 0.25) is 0 Å². The first-order chi connectivity index (χ1) is 7.11. The summed E-state index contributed by atoms with van der Waals surface area (Å²) in [5, 5.41) is 17.7. The van der Waals surface area contributed by atoms with E-state index in [1.54, 1.807) is 0 Å². The monoisotopic (exact) mass is 216 g/mol. The molecule has 15 heavy (non-hydrogen) atoms. The van der Waals surface area contributed by atoms with Crippen molar-refractivity contribution in [3.05, 3.63) is 0 Å². The molecule has 4 nitrogen and oxygen atoms in total. The summed E-state index contributed by atoms with van der Waals surface area (Å²) in [4.78, 5) is 15.3. The van der Waals surface area contributed by atoms with Crippen molar-refractivity contribution in [3.8, 4) is 0 Å². The van der Waals surface area contributed by atoms with E-state index >= 15 is 0 Å². The highest BCUT2D eigenvalue weighted by atomic mass is 17.1. The molecule has 0 aromatic carbocycles. The van der Waals surface area contributed by atoms with E-state index < -0.39 is 5.97 Å². The lowest BCUT2D eigenvalue weighted by Crippen LogP contribution is -2.28. The summed E-state index contributed by atoms with van der Waals surface area (Å²) in [7, 11) is 0. The van der Waals surface area contributed by atoms with Crippen LogP contribution in [0.15, 0.2) is 0 Å². The number of aliphatic carboxylic acids is 1. The molecule has 1 fully saturated rings. The van der Waals surface area contributed by atoms with Crippen molar-refractivity contribution in [3.63, 3.8) is 0 Å². The zero-order chi connectivity index (χ0) is 11.4. The lowest BCUT2D eigenvalue weighted by Gasteiger charge is -2.20. The Hall–Kier alpha value is -0.610. The van der Waals surface area contributed by atoms with Gasteiger partial charge < -0.3 is 5.11 Å². The Labute approximate surface area is 90.2 Å². The van der Waals surface area contributed by atoms with Gasteiger partial charge in [0.15, 0.2) is 0 Å². The molecule has 4 unspecified atom stereocenters. The van der Waals surface area contributed by atoms with Gasteiger partial charge in [0.1, 0.15) is 0 Å². The van der Waals surface area contributed by atoms with Crippen LogP contribution in [0, 0.1) is 23.7 Å². The number of carbonyl (C=O) groups is 1. The highest BCUT2D eigenvalue weighted by Gasteiger charge is 2.44. The Morgan fingerprint density at radius 2 is 2.20 bits per heavy atom. The van der Waals surface area contributed by atoms with Crippen molar-refractivity contribution in [2.24, 2.45) is 23.7 Å². The second-order valence-corrected chi connectivity index (χ2v) is 4.59. The fraction of sp³-hybridized carbons (Fsp3) is 0.909. The normalized spacial score (nSPS) is 35.7. The van der Waals surface area contributed by atoms with Gasteiger partial charge in [-0.25, -0.2) is 4.89 Å². The summed E-state index contributed by atoms with van der Waals surface area (Å²) in [5.74, 6) is -0.603. The molecule has 1 aliphatic rings. The van der Waals surface area contributed by atoms with Gasteiger partial charge in [-0.15, -0.1) is 0 Å². The van der Waals surface area contributed by atoms with Gasteiger partial charge in [0.25, 0.3) is 0 Å². The van der Waals surface area contributed by atoms with Crippen LogP contribution in [0.5, 0.6) is 0 Å². The Morgan fingerprint density at radius 3 is 2.67 bits per heavy atom. The van der Waals surface area contributed by atoms with Gasteiger partial charge in [0.05, 0.1) is 12.5 Å². The molecule has 4 atom stereocenters. The van der Waals surface area contributed by atoms with Crippen LogP contribution in [-0.2, 0) is 9.68 Å². The molecule has 4 heteroatoms. The highest BCUT2D eigenvalue weighted by molar-refractivity contribution is 5.71. The van der Waals surface area contributed by atoms with Gasteiger partial charge in [-0.2, -0.15) is 0 Å². The van der Waals surface area contributed by atoms with Crippen LogP contribution in [0.3, 0.4) is 0 Å². The standard InChI is InChI=1S/C11H20O4/c1-3-4-8-5-7(2)9(6-15-14)10(8)11(12)13/h7-10,14H,3-6H2,1-2H3,(H,12,13). The fourth-order valence-corrected chi connectivity index (χ4v) is 2.91. The maximum Gasteiger partial charge on any atom is 0.307 e. The Kier molecular flexibility index (Phi) is 4.54. The predicted molar refractivity (Wildman–Crippen MR) is 55.4 cm³/mol. The second kappa shape index (κ2) is 5.47. The minimum atomic E-state index is -0.750.